The molecule has 0 aliphatic heterocycles. The van der Waals surface area contributed by atoms with Gasteiger partial charge in [-0.3, -0.25) is 4.79 Å². The largest absolute Gasteiger partial charge is 0.335 e. The number of ketones is 1. The van der Waals surface area contributed by atoms with E-state index in [0.717, 1.165) is 23.7 Å². The van der Waals surface area contributed by atoms with Gasteiger partial charge in [0.1, 0.15) is 5.82 Å². The molecule has 0 amide bonds. The first-order chi connectivity index (χ1) is 8.24. The Kier molecular flexibility index (Phi) is 3.74. The van der Waals surface area contributed by atoms with Crippen LogP contribution in [0.2, 0.25) is 0 Å². The van der Waals surface area contributed by atoms with Gasteiger partial charge in [0.2, 0.25) is 0 Å². The van der Waals surface area contributed by atoms with Crippen molar-refractivity contribution in [3.05, 3.63) is 40.1 Å². The number of carbonyl (C=O) groups is 1. The first-order valence-corrected chi connectivity index (χ1v) is 6.68. The maximum atomic E-state index is 12.1. The van der Waals surface area contributed by atoms with Crippen LogP contribution in [-0.2, 0) is 19.4 Å². The zero-order valence-corrected chi connectivity index (χ0v) is 11.0. The van der Waals surface area contributed by atoms with Crippen LogP contribution in [0.1, 0.15) is 34.2 Å². The summed E-state index contributed by atoms with van der Waals surface area (Å²) >= 11 is 1.59. The Morgan fingerprint density at radius 2 is 2.24 bits per heavy atom. The number of thiophene rings is 1. The highest BCUT2D eigenvalue weighted by Crippen LogP contribution is 2.18. The molecule has 90 valence electrons. The molecule has 2 aromatic rings. The summed E-state index contributed by atoms with van der Waals surface area (Å²) in [7, 11) is 0. The monoisotopic (exact) mass is 248 g/mol. The van der Waals surface area contributed by atoms with Gasteiger partial charge in [0.15, 0.2) is 5.78 Å². The van der Waals surface area contributed by atoms with E-state index in [1.54, 1.807) is 17.5 Å². The summed E-state index contributed by atoms with van der Waals surface area (Å²) in [6.45, 7) is 5.01. The topological polar surface area (TPSA) is 34.9 Å². The molecule has 0 spiro atoms. The second-order valence-corrected chi connectivity index (χ2v) is 5.02. The Labute approximate surface area is 105 Å². The van der Waals surface area contributed by atoms with Crippen LogP contribution in [0.15, 0.2) is 24.5 Å². The molecule has 0 saturated heterocycles. The molecule has 0 fully saturated rings. The van der Waals surface area contributed by atoms with Crippen molar-refractivity contribution >= 4 is 17.1 Å². The molecule has 0 unspecified atom stereocenters. The number of Topliss-reactive ketones (excluding diaryl/α,β-unsaturated/α-hetero) is 1. The maximum absolute atomic E-state index is 12.1. The lowest BCUT2D eigenvalue weighted by molar-refractivity contribution is 0.0993. The van der Waals surface area contributed by atoms with Gasteiger partial charge in [0.05, 0.1) is 11.3 Å². The molecule has 0 aliphatic rings. The lowest BCUT2D eigenvalue weighted by Gasteiger charge is -2.02. The second kappa shape index (κ2) is 5.27. The predicted molar refractivity (Wildman–Crippen MR) is 69.6 cm³/mol. The summed E-state index contributed by atoms with van der Waals surface area (Å²) < 4.78 is 2.01. The third kappa shape index (κ3) is 2.64. The fourth-order valence-corrected chi connectivity index (χ4v) is 2.63. The number of nitrogens with zero attached hydrogens (tertiary/aromatic N) is 2. The van der Waals surface area contributed by atoms with Gasteiger partial charge in [-0.1, -0.05) is 6.92 Å². The summed E-state index contributed by atoms with van der Waals surface area (Å²) in [6.07, 6.45) is 5.04. The number of rotatable bonds is 5. The fourth-order valence-electron chi connectivity index (χ4n) is 1.74. The van der Waals surface area contributed by atoms with Crippen molar-refractivity contribution in [3.63, 3.8) is 0 Å². The molecule has 0 bridgehead atoms. The maximum Gasteiger partial charge on any atom is 0.180 e. The van der Waals surface area contributed by atoms with Crippen LogP contribution < -0.4 is 0 Å². The van der Waals surface area contributed by atoms with E-state index in [0.29, 0.717) is 6.42 Å². The highest BCUT2D eigenvalue weighted by molar-refractivity contribution is 7.14. The van der Waals surface area contributed by atoms with Crippen molar-refractivity contribution in [2.45, 2.75) is 33.2 Å². The third-order valence-electron chi connectivity index (χ3n) is 2.75. The zero-order chi connectivity index (χ0) is 12.3. The smallest absolute Gasteiger partial charge is 0.180 e. The number of aryl methyl sites for hydroxylation is 2. The highest BCUT2D eigenvalue weighted by atomic mass is 32.1. The standard InChI is InChI=1S/C13H16N2OS/c1-3-10-5-6-12(17-10)11(16)9-13-14-7-8-15(13)4-2/h5-8H,3-4,9H2,1-2H3. The predicted octanol–water partition coefficient (Wildman–Crippen LogP) is 2.95. The van der Waals surface area contributed by atoms with E-state index >= 15 is 0 Å². The normalized spacial score (nSPS) is 10.7. The van der Waals surface area contributed by atoms with Gasteiger partial charge in [-0.15, -0.1) is 11.3 Å². The SMILES string of the molecule is CCc1ccc(C(=O)Cc2nccn2CC)s1. The minimum Gasteiger partial charge on any atom is -0.335 e. The molecule has 17 heavy (non-hydrogen) atoms. The first kappa shape index (κ1) is 12.0. The van der Waals surface area contributed by atoms with Crippen molar-refractivity contribution < 1.29 is 4.79 Å². The molecule has 0 radical (unpaired) electrons. The minimum atomic E-state index is 0.163. The molecule has 0 aliphatic carbocycles. The van der Waals surface area contributed by atoms with Crippen LogP contribution in [0.3, 0.4) is 0 Å². The molecule has 2 rings (SSSR count). The number of carbonyl (C=O) groups excluding carboxylic acids is 1. The Balaban J connectivity index is 2.11. The van der Waals surface area contributed by atoms with Gasteiger partial charge in [0.25, 0.3) is 0 Å². The van der Waals surface area contributed by atoms with Crippen molar-refractivity contribution in [3.8, 4) is 0 Å². The van der Waals surface area contributed by atoms with Gasteiger partial charge in [0, 0.05) is 23.8 Å². The van der Waals surface area contributed by atoms with Crippen LogP contribution >= 0.6 is 11.3 Å². The Morgan fingerprint density at radius 1 is 1.41 bits per heavy atom. The molecule has 0 saturated carbocycles. The lowest BCUT2D eigenvalue weighted by atomic mass is 10.2. The lowest BCUT2D eigenvalue weighted by Crippen LogP contribution is -2.08. The average molecular weight is 248 g/mol. The van der Waals surface area contributed by atoms with E-state index in [1.165, 1.54) is 4.88 Å². The van der Waals surface area contributed by atoms with E-state index < -0.39 is 0 Å². The number of hydrogen-bond acceptors (Lipinski definition) is 3. The molecular weight excluding hydrogens is 232 g/mol. The van der Waals surface area contributed by atoms with E-state index in [-0.39, 0.29) is 5.78 Å². The molecule has 0 atom stereocenters. The summed E-state index contributed by atoms with van der Waals surface area (Å²) in [6, 6.07) is 3.95. The minimum absolute atomic E-state index is 0.163. The van der Waals surface area contributed by atoms with Gasteiger partial charge < -0.3 is 4.57 Å². The Hall–Kier alpha value is -1.42. The van der Waals surface area contributed by atoms with E-state index in [1.807, 2.05) is 22.9 Å². The summed E-state index contributed by atoms with van der Waals surface area (Å²) in [4.78, 5) is 18.4. The zero-order valence-electron chi connectivity index (χ0n) is 10.1. The van der Waals surface area contributed by atoms with Crippen LogP contribution in [0, 0.1) is 0 Å². The van der Waals surface area contributed by atoms with E-state index in [2.05, 4.69) is 18.8 Å². The van der Waals surface area contributed by atoms with Crippen LogP contribution in [0.25, 0.3) is 0 Å². The Bertz CT molecular complexity index is 513. The molecular formula is C13H16N2OS. The van der Waals surface area contributed by atoms with Crippen molar-refractivity contribution in [1.82, 2.24) is 9.55 Å². The van der Waals surface area contributed by atoms with Crippen molar-refractivity contribution in [2.75, 3.05) is 0 Å². The molecule has 2 heterocycles. The first-order valence-electron chi connectivity index (χ1n) is 5.86. The Morgan fingerprint density at radius 3 is 2.88 bits per heavy atom. The summed E-state index contributed by atoms with van der Waals surface area (Å²) in [5.74, 6) is 1.01. The van der Waals surface area contributed by atoms with Gasteiger partial charge in [-0.25, -0.2) is 4.98 Å². The second-order valence-electron chi connectivity index (χ2n) is 3.85. The molecule has 0 N–H and O–H groups in total. The van der Waals surface area contributed by atoms with Gasteiger partial charge >= 0.3 is 0 Å². The number of aromatic nitrogens is 2. The molecule has 4 heteroatoms. The van der Waals surface area contributed by atoms with Crippen LogP contribution in [0.4, 0.5) is 0 Å². The van der Waals surface area contributed by atoms with Gasteiger partial charge in [-0.05, 0) is 25.5 Å². The average Bonchev–Trinajstić information content (AvgIpc) is 2.96. The van der Waals surface area contributed by atoms with Crippen LogP contribution in [-0.4, -0.2) is 15.3 Å². The van der Waals surface area contributed by atoms with Crippen molar-refractivity contribution in [1.29, 1.82) is 0 Å². The third-order valence-corrected chi connectivity index (χ3v) is 4.02. The van der Waals surface area contributed by atoms with E-state index in [9.17, 15) is 4.79 Å². The summed E-state index contributed by atoms with van der Waals surface area (Å²) in [5.41, 5.74) is 0. The molecule has 3 nitrogen and oxygen atoms in total. The highest BCUT2D eigenvalue weighted by Gasteiger charge is 2.12. The van der Waals surface area contributed by atoms with Gasteiger partial charge in [-0.2, -0.15) is 0 Å². The molecule has 2 aromatic heterocycles. The molecule has 0 aromatic carbocycles. The fraction of sp³-hybridized carbons (Fsp3) is 0.385. The number of hydrogen-bond donors (Lipinski definition) is 0. The van der Waals surface area contributed by atoms with E-state index in [4.69, 9.17) is 0 Å². The van der Waals surface area contributed by atoms with Crippen LogP contribution in [0.5, 0.6) is 0 Å². The van der Waals surface area contributed by atoms with Crippen molar-refractivity contribution in [2.24, 2.45) is 0 Å². The summed E-state index contributed by atoms with van der Waals surface area (Å²) in [5, 5.41) is 0. The number of imidazole rings is 1. The quantitative estimate of drug-likeness (QED) is 0.762.